The van der Waals surface area contributed by atoms with Gasteiger partial charge in [-0.05, 0) is 31.9 Å². The molecule has 0 unspecified atom stereocenters. The van der Waals surface area contributed by atoms with Crippen LogP contribution in [0.15, 0.2) is 36.5 Å². The molecule has 2 amide bonds. The Kier molecular flexibility index (Phi) is 3.90. The number of para-hydroxylation sites is 1. The molecule has 110 valence electrons. The fourth-order valence-corrected chi connectivity index (χ4v) is 2.50. The summed E-state index contributed by atoms with van der Waals surface area (Å²) in [5, 5.41) is 5.68. The third-order valence-electron chi connectivity index (χ3n) is 3.64. The zero-order valence-electron chi connectivity index (χ0n) is 12.2. The van der Waals surface area contributed by atoms with Crippen molar-refractivity contribution < 1.29 is 4.79 Å². The number of benzene rings is 1. The van der Waals surface area contributed by atoms with E-state index in [-0.39, 0.29) is 6.03 Å². The number of carbonyl (C=O) groups excluding carboxylic acids is 1. The summed E-state index contributed by atoms with van der Waals surface area (Å²) >= 11 is 0. The molecule has 3 rings (SSSR count). The summed E-state index contributed by atoms with van der Waals surface area (Å²) in [6.45, 7) is 2.67. The number of imidazole rings is 1. The third-order valence-corrected chi connectivity index (χ3v) is 3.64. The maximum absolute atomic E-state index is 11.8. The Bertz CT molecular complexity index is 616. The van der Waals surface area contributed by atoms with E-state index < -0.39 is 0 Å². The summed E-state index contributed by atoms with van der Waals surface area (Å²) in [7, 11) is 0. The minimum atomic E-state index is -0.178. The Morgan fingerprint density at radius 2 is 2.10 bits per heavy atom. The first-order valence-electron chi connectivity index (χ1n) is 7.36. The lowest BCUT2D eigenvalue weighted by atomic mass is 10.3. The first kappa shape index (κ1) is 13.7. The molecule has 2 N–H and O–H groups in total. The number of carbonyl (C=O) groups is 1. The minimum absolute atomic E-state index is 0.178. The molecule has 1 aliphatic rings. The Morgan fingerprint density at radius 1 is 1.33 bits per heavy atom. The average Bonchev–Trinajstić information content (AvgIpc) is 3.24. The topological polar surface area (TPSA) is 59.0 Å². The molecular weight excluding hydrogens is 264 g/mol. The van der Waals surface area contributed by atoms with E-state index in [1.807, 2.05) is 36.5 Å². The van der Waals surface area contributed by atoms with Gasteiger partial charge < -0.3 is 15.2 Å². The van der Waals surface area contributed by atoms with Gasteiger partial charge >= 0.3 is 6.03 Å². The molecule has 2 aromatic rings. The van der Waals surface area contributed by atoms with Gasteiger partial charge in [-0.3, -0.25) is 0 Å². The van der Waals surface area contributed by atoms with Gasteiger partial charge in [-0.25, -0.2) is 9.78 Å². The summed E-state index contributed by atoms with van der Waals surface area (Å²) in [5.41, 5.74) is 2.01. The number of urea groups is 1. The second kappa shape index (κ2) is 5.99. The second-order valence-electron chi connectivity index (χ2n) is 5.41. The lowest BCUT2D eigenvalue weighted by molar-refractivity contribution is 0.252. The van der Waals surface area contributed by atoms with Crippen molar-refractivity contribution in [3.63, 3.8) is 0 Å². The smallest absolute Gasteiger partial charge is 0.319 e. The van der Waals surface area contributed by atoms with Gasteiger partial charge in [0.25, 0.3) is 0 Å². The maximum atomic E-state index is 11.8. The molecule has 5 nitrogen and oxygen atoms in total. The van der Waals surface area contributed by atoms with E-state index in [0.29, 0.717) is 12.6 Å². The molecule has 21 heavy (non-hydrogen) atoms. The molecule has 1 aromatic carbocycles. The number of nitrogens with zero attached hydrogens (tertiary/aromatic N) is 2. The normalized spacial score (nSPS) is 14.0. The number of hydrogen-bond donors (Lipinski definition) is 2. The van der Waals surface area contributed by atoms with Gasteiger partial charge in [0.1, 0.15) is 5.82 Å². The van der Waals surface area contributed by atoms with Crippen molar-refractivity contribution in [3.8, 4) is 0 Å². The van der Waals surface area contributed by atoms with Gasteiger partial charge in [0.2, 0.25) is 0 Å². The van der Waals surface area contributed by atoms with E-state index in [1.165, 1.54) is 18.5 Å². The first-order chi connectivity index (χ1) is 10.2. The minimum Gasteiger partial charge on any atom is -0.337 e. The van der Waals surface area contributed by atoms with Crippen molar-refractivity contribution in [1.82, 2.24) is 14.9 Å². The van der Waals surface area contributed by atoms with Crippen LogP contribution in [-0.2, 0) is 6.42 Å². The second-order valence-corrected chi connectivity index (χ2v) is 5.41. The fraction of sp³-hybridized carbons (Fsp3) is 0.375. The van der Waals surface area contributed by atoms with Crippen molar-refractivity contribution >= 4 is 11.7 Å². The molecule has 5 heteroatoms. The summed E-state index contributed by atoms with van der Waals surface area (Å²) in [5.74, 6) is 1.06. The van der Waals surface area contributed by atoms with Crippen LogP contribution in [-0.4, -0.2) is 22.1 Å². The van der Waals surface area contributed by atoms with Crippen molar-refractivity contribution in [3.05, 3.63) is 48.0 Å². The van der Waals surface area contributed by atoms with E-state index >= 15 is 0 Å². The zero-order chi connectivity index (χ0) is 14.7. The Balaban J connectivity index is 1.49. The number of rotatable bonds is 5. The van der Waals surface area contributed by atoms with Crippen LogP contribution in [0.2, 0.25) is 0 Å². The predicted molar refractivity (Wildman–Crippen MR) is 82.4 cm³/mol. The average molecular weight is 284 g/mol. The van der Waals surface area contributed by atoms with Gasteiger partial charge in [-0.15, -0.1) is 0 Å². The molecule has 1 aliphatic carbocycles. The van der Waals surface area contributed by atoms with E-state index in [1.54, 1.807) is 0 Å². The summed E-state index contributed by atoms with van der Waals surface area (Å²) < 4.78 is 2.30. The Morgan fingerprint density at radius 3 is 2.81 bits per heavy atom. The lowest BCUT2D eigenvalue weighted by Crippen LogP contribution is -2.30. The number of aryl methyl sites for hydroxylation is 1. The molecule has 0 bridgehead atoms. The highest BCUT2D eigenvalue weighted by Gasteiger charge is 2.26. The first-order valence-corrected chi connectivity index (χ1v) is 7.36. The molecule has 1 fully saturated rings. The van der Waals surface area contributed by atoms with Crippen molar-refractivity contribution in [1.29, 1.82) is 0 Å². The largest absolute Gasteiger partial charge is 0.337 e. The monoisotopic (exact) mass is 284 g/mol. The number of hydrogen-bond acceptors (Lipinski definition) is 2. The van der Waals surface area contributed by atoms with Crippen LogP contribution in [0.5, 0.6) is 0 Å². The Hall–Kier alpha value is -2.30. The highest BCUT2D eigenvalue weighted by molar-refractivity contribution is 5.89. The van der Waals surface area contributed by atoms with Crippen LogP contribution in [0, 0.1) is 6.92 Å². The maximum Gasteiger partial charge on any atom is 0.319 e. The van der Waals surface area contributed by atoms with E-state index in [9.17, 15) is 4.79 Å². The summed E-state index contributed by atoms with van der Waals surface area (Å²) in [6, 6.07) is 9.88. The SMILES string of the molecule is Cc1cnc(CCNC(=O)Nc2ccccc2)n1C1CC1. The van der Waals surface area contributed by atoms with Crippen molar-refractivity contribution in [2.75, 3.05) is 11.9 Å². The standard InChI is InChI=1S/C16H20N4O/c1-12-11-18-15(20(12)14-7-8-14)9-10-17-16(21)19-13-5-3-2-4-6-13/h2-6,11,14H,7-10H2,1H3,(H2,17,19,21). The van der Waals surface area contributed by atoms with Crippen LogP contribution in [0.1, 0.15) is 30.4 Å². The number of aromatic nitrogens is 2. The third kappa shape index (κ3) is 3.42. The van der Waals surface area contributed by atoms with E-state index in [0.717, 1.165) is 17.9 Å². The molecule has 0 aliphatic heterocycles. The van der Waals surface area contributed by atoms with E-state index in [2.05, 4.69) is 27.1 Å². The number of anilines is 1. The highest BCUT2D eigenvalue weighted by atomic mass is 16.2. The molecule has 0 spiro atoms. The molecule has 1 saturated carbocycles. The summed E-state index contributed by atoms with van der Waals surface area (Å²) in [6.07, 6.45) is 5.16. The molecule has 0 radical (unpaired) electrons. The van der Waals surface area contributed by atoms with Gasteiger partial charge in [0, 0.05) is 36.6 Å². The number of amides is 2. The molecule has 0 saturated heterocycles. The zero-order valence-corrected chi connectivity index (χ0v) is 12.2. The highest BCUT2D eigenvalue weighted by Crippen LogP contribution is 2.36. The van der Waals surface area contributed by atoms with Gasteiger partial charge in [-0.1, -0.05) is 18.2 Å². The lowest BCUT2D eigenvalue weighted by Gasteiger charge is -2.10. The fourth-order valence-electron chi connectivity index (χ4n) is 2.50. The van der Waals surface area contributed by atoms with Crippen LogP contribution in [0.3, 0.4) is 0 Å². The van der Waals surface area contributed by atoms with Crippen LogP contribution < -0.4 is 10.6 Å². The predicted octanol–water partition coefficient (Wildman–Crippen LogP) is 2.89. The van der Waals surface area contributed by atoms with Crippen LogP contribution in [0.4, 0.5) is 10.5 Å². The molecule has 0 atom stereocenters. The van der Waals surface area contributed by atoms with Gasteiger partial charge in [-0.2, -0.15) is 0 Å². The summed E-state index contributed by atoms with van der Waals surface area (Å²) in [4.78, 5) is 16.2. The van der Waals surface area contributed by atoms with Gasteiger partial charge in [0.15, 0.2) is 0 Å². The molecular formula is C16H20N4O. The number of nitrogens with one attached hydrogen (secondary N) is 2. The Labute approximate surface area is 124 Å². The van der Waals surface area contributed by atoms with Crippen LogP contribution >= 0.6 is 0 Å². The quantitative estimate of drug-likeness (QED) is 0.887. The van der Waals surface area contributed by atoms with Crippen molar-refractivity contribution in [2.24, 2.45) is 0 Å². The van der Waals surface area contributed by atoms with Crippen LogP contribution in [0.25, 0.3) is 0 Å². The van der Waals surface area contributed by atoms with Crippen molar-refractivity contribution in [2.45, 2.75) is 32.2 Å². The van der Waals surface area contributed by atoms with E-state index in [4.69, 9.17) is 0 Å². The molecule has 1 heterocycles. The molecule has 1 aromatic heterocycles. The van der Waals surface area contributed by atoms with Gasteiger partial charge in [0.05, 0.1) is 0 Å².